The van der Waals surface area contributed by atoms with Crippen LogP contribution in [-0.2, 0) is 0 Å². The molecule has 5 unspecified atom stereocenters. The van der Waals surface area contributed by atoms with Crippen LogP contribution >= 0.6 is 0 Å². The lowest BCUT2D eigenvalue weighted by atomic mass is 9.83. The van der Waals surface area contributed by atoms with Gasteiger partial charge in [-0.2, -0.15) is 0 Å². The van der Waals surface area contributed by atoms with Crippen molar-refractivity contribution in [3.05, 3.63) is 11.6 Å². The summed E-state index contributed by atoms with van der Waals surface area (Å²) in [6.07, 6.45) is 8.44. The van der Waals surface area contributed by atoms with Gasteiger partial charge >= 0.3 is 0 Å². The molecular formula is C13H20. The van der Waals surface area contributed by atoms with E-state index in [0.29, 0.717) is 0 Å². The van der Waals surface area contributed by atoms with Crippen LogP contribution < -0.4 is 0 Å². The number of rotatable bonds is 2. The maximum atomic E-state index is 2.63. The zero-order chi connectivity index (χ0) is 9.00. The summed E-state index contributed by atoms with van der Waals surface area (Å²) in [4.78, 5) is 0. The maximum absolute atomic E-state index is 2.63. The molecule has 0 spiro atoms. The van der Waals surface area contributed by atoms with Crippen LogP contribution in [0.1, 0.15) is 39.5 Å². The Morgan fingerprint density at radius 1 is 1.46 bits per heavy atom. The van der Waals surface area contributed by atoms with E-state index >= 15 is 0 Å². The molecule has 0 aromatic heterocycles. The molecule has 0 radical (unpaired) electrons. The highest BCUT2D eigenvalue weighted by Crippen LogP contribution is 2.66. The summed E-state index contributed by atoms with van der Waals surface area (Å²) in [6, 6.07) is 0. The summed E-state index contributed by atoms with van der Waals surface area (Å²) in [5.41, 5.74) is 1.85. The first-order valence-corrected chi connectivity index (χ1v) is 6.02. The summed E-state index contributed by atoms with van der Waals surface area (Å²) in [7, 11) is 0. The van der Waals surface area contributed by atoms with Gasteiger partial charge in [0.2, 0.25) is 0 Å². The molecule has 1 fully saturated rings. The van der Waals surface area contributed by atoms with Gasteiger partial charge in [0, 0.05) is 0 Å². The van der Waals surface area contributed by atoms with Gasteiger partial charge in [0.15, 0.2) is 0 Å². The van der Waals surface area contributed by atoms with Crippen molar-refractivity contribution in [3.63, 3.8) is 0 Å². The van der Waals surface area contributed by atoms with Gasteiger partial charge in [0.1, 0.15) is 0 Å². The third kappa shape index (κ3) is 1.04. The molecule has 3 aliphatic rings. The van der Waals surface area contributed by atoms with Gasteiger partial charge in [0.05, 0.1) is 0 Å². The van der Waals surface area contributed by atoms with Crippen molar-refractivity contribution in [2.45, 2.75) is 39.5 Å². The summed E-state index contributed by atoms with van der Waals surface area (Å²) < 4.78 is 0. The van der Waals surface area contributed by atoms with Crippen molar-refractivity contribution in [2.75, 3.05) is 0 Å². The minimum absolute atomic E-state index is 0.986. The van der Waals surface area contributed by atoms with Crippen LogP contribution in [-0.4, -0.2) is 0 Å². The lowest BCUT2D eigenvalue weighted by Gasteiger charge is -2.22. The molecule has 3 rings (SSSR count). The fraction of sp³-hybridized carbons (Fsp3) is 0.846. The van der Waals surface area contributed by atoms with Crippen molar-refractivity contribution in [2.24, 2.45) is 29.6 Å². The van der Waals surface area contributed by atoms with E-state index in [2.05, 4.69) is 19.9 Å². The SMILES string of the molecule is CCCC1C2C3=CC(CC(C)C3)C12. The highest BCUT2D eigenvalue weighted by atomic mass is 14.6. The number of hydrogen-bond acceptors (Lipinski definition) is 0. The van der Waals surface area contributed by atoms with Crippen molar-refractivity contribution in [1.29, 1.82) is 0 Å². The molecule has 5 atom stereocenters. The predicted octanol–water partition coefficient (Wildman–Crippen LogP) is 3.63. The van der Waals surface area contributed by atoms with E-state index in [4.69, 9.17) is 0 Å². The highest BCUT2D eigenvalue weighted by Gasteiger charge is 2.59. The van der Waals surface area contributed by atoms with Gasteiger partial charge in [-0.05, 0) is 48.9 Å². The van der Waals surface area contributed by atoms with Crippen molar-refractivity contribution in [1.82, 2.24) is 0 Å². The summed E-state index contributed by atoms with van der Waals surface area (Å²) >= 11 is 0. The van der Waals surface area contributed by atoms with E-state index in [0.717, 1.165) is 29.6 Å². The molecule has 1 saturated carbocycles. The smallest absolute Gasteiger partial charge is 0.0135 e. The average Bonchev–Trinajstić information content (AvgIpc) is 2.71. The third-order valence-electron chi connectivity index (χ3n) is 4.46. The molecule has 0 nitrogen and oxygen atoms in total. The first-order valence-electron chi connectivity index (χ1n) is 6.02. The quantitative estimate of drug-likeness (QED) is 0.563. The Bertz CT molecular complexity index is 251. The summed E-state index contributed by atoms with van der Waals surface area (Å²) in [5, 5.41) is 0. The molecule has 0 saturated heterocycles. The first-order chi connectivity index (χ1) is 6.31. The van der Waals surface area contributed by atoms with E-state index in [1.807, 2.05) is 5.57 Å². The molecular weight excluding hydrogens is 156 g/mol. The lowest BCUT2D eigenvalue weighted by Crippen LogP contribution is -2.11. The topological polar surface area (TPSA) is 0 Å². The van der Waals surface area contributed by atoms with Gasteiger partial charge in [-0.25, -0.2) is 0 Å². The van der Waals surface area contributed by atoms with E-state index in [9.17, 15) is 0 Å². The largest absolute Gasteiger partial charge is 0.0816 e. The number of fused-ring (bicyclic) bond motifs is 4. The Morgan fingerprint density at radius 3 is 3.00 bits per heavy atom. The second kappa shape index (κ2) is 2.62. The maximum Gasteiger partial charge on any atom is -0.0135 e. The van der Waals surface area contributed by atoms with Crippen LogP contribution in [0.15, 0.2) is 11.6 Å². The standard InChI is InChI=1S/C13H20/c1-3-4-11-12-9-5-8(2)6-10(7-9)13(11)12/h7-9,11-13H,3-6H2,1-2H3. The Hall–Kier alpha value is -0.260. The number of hydrogen-bond donors (Lipinski definition) is 0. The van der Waals surface area contributed by atoms with E-state index in [1.165, 1.54) is 25.7 Å². The Morgan fingerprint density at radius 2 is 2.31 bits per heavy atom. The zero-order valence-electron chi connectivity index (χ0n) is 8.79. The summed E-state index contributed by atoms with van der Waals surface area (Å²) in [6.45, 7) is 4.76. The van der Waals surface area contributed by atoms with Crippen LogP contribution in [0.3, 0.4) is 0 Å². The fourth-order valence-corrected chi connectivity index (χ4v) is 4.09. The van der Waals surface area contributed by atoms with Gasteiger partial charge in [-0.15, -0.1) is 0 Å². The average molecular weight is 176 g/mol. The van der Waals surface area contributed by atoms with Crippen LogP contribution in [0.25, 0.3) is 0 Å². The lowest BCUT2D eigenvalue weighted by molar-refractivity contribution is 0.384. The van der Waals surface area contributed by atoms with Crippen molar-refractivity contribution in [3.8, 4) is 0 Å². The van der Waals surface area contributed by atoms with E-state index in [1.54, 1.807) is 0 Å². The summed E-state index contributed by atoms with van der Waals surface area (Å²) in [5.74, 6) is 5.28. The molecule has 0 N–H and O–H groups in total. The number of allylic oxidation sites excluding steroid dienone is 2. The van der Waals surface area contributed by atoms with E-state index < -0.39 is 0 Å². The van der Waals surface area contributed by atoms with E-state index in [-0.39, 0.29) is 0 Å². The zero-order valence-corrected chi connectivity index (χ0v) is 8.79. The molecule has 72 valence electrons. The molecule has 0 aliphatic heterocycles. The highest BCUT2D eigenvalue weighted by molar-refractivity contribution is 5.32. The normalized spacial score (nSPS) is 51.5. The Balaban J connectivity index is 1.75. The van der Waals surface area contributed by atoms with Gasteiger partial charge in [-0.1, -0.05) is 31.9 Å². The van der Waals surface area contributed by atoms with Crippen LogP contribution in [0.2, 0.25) is 0 Å². The van der Waals surface area contributed by atoms with Gasteiger partial charge in [-0.3, -0.25) is 0 Å². The molecule has 13 heavy (non-hydrogen) atoms. The molecule has 0 aromatic carbocycles. The molecule has 0 amide bonds. The molecule has 0 heteroatoms. The van der Waals surface area contributed by atoms with Gasteiger partial charge < -0.3 is 0 Å². The fourth-order valence-electron chi connectivity index (χ4n) is 4.09. The monoisotopic (exact) mass is 176 g/mol. The third-order valence-corrected chi connectivity index (χ3v) is 4.46. The Kier molecular flexibility index (Phi) is 1.63. The molecule has 2 bridgehead atoms. The van der Waals surface area contributed by atoms with Crippen LogP contribution in [0, 0.1) is 29.6 Å². The molecule has 3 aliphatic carbocycles. The predicted molar refractivity (Wildman–Crippen MR) is 55.3 cm³/mol. The van der Waals surface area contributed by atoms with Crippen molar-refractivity contribution < 1.29 is 0 Å². The molecule has 0 heterocycles. The second-order valence-corrected chi connectivity index (χ2v) is 5.51. The van der Waals surface area contributed by atoms with Gasteiger partial charge in [0.25, 0.3) is 0 Å². The van der Waals surface area contributed by atoms with Crippen molar-refractivity contribution >= 4 is 0 Å². The minimum atomic E-state index is 0.986. The van der Waals surface area contributed by atoms with Crippen LogP contribution in [0.5, 0.6) is 0 Å². The minimum Gasteiger partial charge on any atom is -0.0816 e. The Labute approximate surface area is 81.4 Å². The van der Waals surface area contributed by atoms with Crippen LogP contribution in [0.4, 0.5) is 0 Å². The second-order valence-electron chi connectivity index (χ2n) is 5.51. The first kappa shape index (κ1) is 8.08. The molecule has 0 aromatic rings.